The standard InChI is InChI=1S/C15H24N2O4/c1-6-9-17(10-14(18)16(3)4)11(2)12-7-8-13(21-12)15(19)20-5/h7-8,11H,6,9-10H2,1-5H3. The van der Waals surface area contributed by atoms with Gasteiger partial charge in [0.05, 0.1) is 19.7 Å². The number of likely N-dealkylation sites (N-methyl/N-ethyl adjacent to an activating group) is 1. The van der Waals surface area contributed by atoms with Crippen molar-refractivity contribution in [3.05, 3.63) is 23.7 Å². The van der Waals surface area contributed by atoms with Gasteiger partial charge >= 0.3 is 5.97 Å². The molecule has 1 unspecified atom stereocenters. The minimum atomic E-state index is -0.500. The molecule has 1 aromatic rings. The number of amides is 1. The fourth-order valence-corrected chi connectivity index (χ4v) is 1.98. The summed E-state index contributed by atoms with van der Waals surface area (Å²) in [5.74, 6) is 0.361. The summed E-state index contributed by atoms with van der Waals surface area (Å²) in [7, 11) is 4.78. The van der Waals surface area contributed by atoms with Crippen molar-refractivity contribution in [2.45, 2.75) is 26.3 Å². The Hall–Kier alpha value is -1.82. The average Bonchev–Trinajstić information content (AvgIpc) is 2.94. The highest BCUT2D eigenvalue weighted by Crippen LogP contribution is 2.23. The molecular weight excluding hydrogens is 272 g/mol. The lowest BCUT2D eigenvalue weighted by molar-refractivity contribution is -0.130. The van der Waals surface area contributed by atoms with Crippen LogP contribution in [0.15, 0.2) is 16.5 Å². The van der Waals surface area contributed by atoms with E-state index in [1.54, 1.807) is 31.1 Å². The molecule has 1 heterocycles. The zero-order chi connectivity index (χ0) is 16.0. The maximum atomic E-state index is 11.9. The summed E-state index contributed by atoms with van der Waals surface area (Å²) in [5, 5.41) is 0. The number of nitrogens with zero attached hydrogens (tertiary/aromatic N) is 2. The van der Waals surface area contributed by atoms with Crippen molar-refractivity contribution in [3.63, 3.8) is 0 Å². The number of methoxy groups -OCH3 is 1. The maximum Gasteiger partial charge on any atom is 0.373 e. The van der Waals surface area contributed by atoms with Crippen LogP contribution in [-0.2, 0) is 9.53 Å². The topological polar surface area (TPSA) is 63.0 Å². The van der Waals surface area contributed by atoms with Gasteiger partial charge in [0.2, 0.25) is 11.7 Å². The normalized spacial score (nSPS) is 12.3. The number of rotatable bonds is 7. The molecule has 0 bridgehead atoms. The molecule has 6 nitrogen and oxygen atoms in total. The van der Waals surface area contributed by atoms with Gasteiger partial charge in [-0.1, -0.05) is 6.92 Å². The molecule has 1 atom stereocenters. The molecule has 118 valence electrons. The van der Waals surface area contributed by atoms with Gasteiger partial charge in [-0.3, -0.25) is 9.69 Å². The van der Waals surface area contributed by atoms with Gasteiger partial charge in [-0.15, -0.1) is 0 Å². The Kier molecular flexibility index (Phi) is 6.42. The van der Waals surface area contributed by atoms with Gasteiger partial charge in [0, 0.05) is 14.1 Å². The highest BCUT2D eigenvalue weighted by molar-refractivity contribution is 5.86. The van der Waals surface area contributed by atoms with E-state index in [0.717, 1.165) is 13.0 Å². The molecule has 1 aromatic heterocycles. The smallest absolute Gasteiger partial charge is 0.373 e. The van der Waals surface area contributed by atoms with Crippen LogP contribution in [0.2, 0.25) is 0 Å². The van der Waals surface area contributed by atoms with E-state index in [2.05, 4.69) is 11.7 Å². The number of carbonyl (C=O) groups excluding carboxylic acids is 2. The van der Waals surface area contributed by atoms with Crippen LogP contribution >= 0.6 is 0 Å². The Bertz CT molecular complexity index is 482. The monoisotopic (exact) mass is 296 g/mol. The van der Waals surface area contributed by atoms with Crippen LogP contribution in [0.4, 0.5) is 0 Å². The fourth-order valence-electron chi connectivity index (χ4n) is 1.98. The van der Waals surface area contributed by atoms with Crippen molar-refractivity contribution in [2.75, 3.05) is 34.3 Å². The van der Waals surface area contributed by atoms with Gasteiger partial charge in [0.1, 0.15) is 5.76 Å². The first kappa shape index (κ1) is 17.2. The summed E-state index contributed by atoms with van der Waals surface area (Å²) in [5.41, 5.74) is 0. The molecule has 0 aliphatic heterocycles. The van der Waals surface area contributed by atoms with E-state index in [1.807, 2.05) is 11.8 Å². The van der Waals surface area contributed by atoms with E-state index in [1.165, 1.54) is 7.11 Å². The second-order valence-electron chi connectivity index (χ2n) is 5.13. The molecule has 0 N–H and O–H groups in total. The summed E-state index contributed by atoms with van der Waals surface area (Å²) in [4.78, 5) is 26.9. The molecule has 1 amide bonds. The van der Waals surface area contributed by atoms with E-state index in [9.17, 15) is 9.59 Å². The Morgan fingerprint density at radius 3 is 2.52 bits per heavy atom. The van der Waals surface area contributed by atoms with Crippen LogP contribution in [0.25, 0.3) is 0 Å². The first-order valence-corrected chi connectivity index (χ1v) is 7.02. The number of furan rings is 1. The number of ether oxygens (including phenoxy) is 1. The summed E-state index contributed by atoms with van der Waals surface area (Å²) in [6, 6.07) is 3.25. The van der Waals surface area contributed by atoms with E-state index in [4.69, 9.17) is 4.42 Å². The molecule has 0 saturated heterocycles. The van der Waals surface area contributed by atoms with Crippen LogP contribution in [-0.4, -0.2) is 56.0 Å². The van der Waals surface area contributed by atoms with Crippen molar-refractivity contribution in [3.8, 4) is 0 Å². The Labute approximate surface area is 125 Å². The predicted molar refractivity (Wildman–Crippen MR) is 79.0 cm³/mol. The zero-order valence-electron chi connectivity index (χ0n) is 13.4. The van der Waals surface area contributed by atoms with Gasteiger partial charge in [-0.2, -0.15) is 0 Å². The largest absolute Gasteiger partial charge is 0.463 e. The van der Waals surface area contributed by atoms with Crippen LogP contribution < -0.4 is 0 Å². The predicted octanol–water partition coefficient (Wildman–Crippen LogP) is 1.93. The quantitative estimate of drug-likeness (QED) is 0.719. The van der Waals surface area contributed by atoms with Crippen molar-refractivity contribution in [2.24, 2.45) is 0 Å². The second-order valence-corrected chi connectivity index (χ2v) is 5.13. The van der Waals surface area contributed by atoms with Crippen LogP contribution in [0.3, 0.4) is 0 Å². The van der Waals surface area contributed by atoms with E-state index in [-0.39, 0.29) is 17.7 Å². The first-order valence-electron chi connectivity index (χ1n) is 7.02. The highest BCUT2D eigenvalue weighted by Gasteiger charge is 2.22. The number of hydrogen-bond donors (Lipinski definition) is 0. The molecule has 0 radical (unpaired) electrons. The lowest BCUT2D eigenvalue weighted by atomic mass is 10.2. The first-order chi connectivity index (χ1) is 9.90. The molecule has 0 aromatic carbocycles. The van der Waals surface area contributed by atoms with E-state index < -0.39 is 5.97 Å². The van der Waals surface area contributed by atoms with Gasteiger partial charge in [0.15, 0.2) is 0 Å². The molecule has 0 aliphatic carbocycles. The molecule has 6 heteroatoms. The van der Waals surface area contributed by atoms with Crippen molar-refractivity contribution in [1.29, 1.82) is 0 Å². The third-order valence-electron chi connectivity index (χ3n) is 3.32. The van der Waals surface area contributed by atoms with Gasteiger partial charge in [-0.25, -0.2) is 4.79 Å². The van der Waals surface area contributed by atoms with E-state index >= 15 is 0 Å². The zero-order valence-corrected chi connectivity index (χ0v) is 13.4. The Morgan fingerprint density at radius 2 is 2.00 bits per heavy atom. The van der Waals surface area contributed by atoms with Crippen molar-refractivity contribution < 1.29 is 18.7 Å². The minimum absolute atomic E-state index is 0.0371. The Morgan fingerprint density at radius 1 is 1.33 bits per heavy atom. The molecule has 0 fully saturated rings. The SMILES string of the molecule is CCCN(CC(=O)N(C)C)C(C)c1ccc(C(=O)OC)o1. The van der Waals surface area contributed by atoms with Crippen LogP contribution in [0.1, 0.15) is 42.6 Å². The van der Waals surface area contributed by atoms with Gasteiger partial charge in [-0.05, 0) is 32.0 Å². The Balaban J connectivity index is 2.84. The number of carbonyl (C=O) groups is 2. The molecular formula is C15H24N2O4. The minimum Gasteiger partial charge on any atom is -0.463 e. The highest BCUT2D eigenvalue weighted by atomic mass is 16.5. The van der Waals surface area contributed by atoms with Crippen molar-refractivity contribution >= 4 is 11.9 Å². The summed E-state index contributed by atoms with van der Waals surface area (Å²) in [6.07, 6.45) is 0.926. The van der Waals surface area contributed by atoms with Crippen molar-refractivity contribution in [1.82, 2.24) is 9.80 Å². The average molecular weight is 296 g/mol. The molecule has 1 rings (SSSR count). The second kappa shape index (κ2) is 7.83. The summed E-state index contributed by atoms with van der Waals surface area (Å²) in [6.45, 7) is 5.10. The molecule has 0 spiro atoms. The molecule has 0 aliphatic rings. The van der Waals surface area contributed by atoms with E-state index in [0.29, 0.717) is 12.3 Å². The summed E-state index contributed by atoms with van der Waals surface area (Å²) < 4.78 is 10.2. The maximum absolute atomic E-state index is 11.9. The van der Waals surface area contributed by atoms with Crippen LogP contribution in [0.5, 0.6) is 0 Å². The molecule has 0 saturated carbocycles. The lowest BCUT2D eigenvalue weighted by Crippen LogP contribution is -2.38. The fraction of sp³-hybridized carbons (Fsp3) is 0.600. The lowest BCUT2D eigenvalue weighted by Gasteiger charge is -2.27. The number of hydrogen-bond acceptors (Lipinski definition) is 5. The third-order valence-corrected chi connectivity index (χ3v) is 3.32. The number of esters is 1. The van der Waals surface area contributed by atoms with Gasteiger partial charge < -0.3 is 14.1 Å². The third kappa shape index (κ3) is 4.60. The summed E-state index contributed by atoms with van der Waals surface area (Å²) >= 11 is 0. The van der Waals surface area contributed by atoms with Crippen LogP contribution in [0, 0.1) is 0 Å². The van der Waals surface area contributed by atoms with Gasteiger partial charge in [0.25, 0.3) is 0 Å². The molecule has 21 heavy (non-hydrogen) atoms.